The van der Waals surface area contributed by atoms with E-state index in [4.69, 9.17) is 28.9 Å². The second-order valence-corrected chi connectivity index (χ2v) is 5.56. The highest BCUT2D eigenvalue weighted by atomic mass is 35.5. The molecular weight excluding hydrogens is 309 g/mol. The van der Waals surface area contributed by atoms with Crippen LogP contribution in [0.5, 0.6) is 0 Å². The van der Waals surface area contributed by atoms with Gasteiger partial charge in [-0.1, -0.05) is 29.3 Å². The van der Waals surface area contributed by atoms with E-state index in [0.717, 1.165) is 5.56 Å². The summed E-state index contributed by atoms with van der Waals surface area (Å²) in [6, 6.07) is 8.44. The van der Waals surface area contributed by atoms with Crippen molar-refractivity contribution in [3.8, 4) is 0 Å². The molecule has 1 atom stereocenters. The van der Waals surface area contributed by atoms with Crippen molar-refractivity contribution in [2.24, 2.45) is 0 Å². The summed E-state index contributed by atoms with van der Waals surface area (Å²) in [7, 11) is 0. The van der Waals surface area contributed by atoms with Crippen molar-refractivity contribution < 1.29 is 4.79 Å². The molecule has 4 nitrogen and oxygen atoms in total. The molecule has 1 unspecified atom stereocenters. The summed E-state index contributed by atoms with van der Waals surface area (Å²) in [6.07, 6.45) is 1.72. The number of rotatable bonds is 4. The number of carbonyl (C=O) groups excluding carboxylic acids is 1. The van der Waals surface area contributed by atoms with E-state index in [1.54, 1.807) is 30.3 Å². The number of pyridine rings is 1. The Hall–Kier alpha value is -1.78. The normalized spacial score (nSPS) is 12.0. The van der Waals surface area contributed by atoms with E-state index < -0.39 is 0 Å². The summed E-state index contributed by atoms with van der Waals surface area (Å²) in [6.45, 7) is 1.86. The first-order chi connectivity index (χ1) is 9.95. The number of hydrogen-bond acceptors (Lipinski definition) is 3. The molecule has 0 spiro atoms. The van der Waals surface area contributed by atoms with E-state index in [9.17, 15) is 4.79 Å². The van der Waals surface area contributed by atoms with Gasteiger partial charge in [0.2, 0.25) is 5.91 Å². The molecule has 0 radical (unpaired) electrons. The zero-order valence-corrected chi connectivity index (χ0v) is 12.9. The fraction of sp³-hybridized carbons (Fsp3) is 0.200. The van der Waals surface area contributed by atoms with Crippen molar-refractivity contribution in [3.63, 3.8) is 0 Å². The quantitative estimate of drug-likeness (QED) is 0.906. The number of hydrogen-bond donors (Lipinski definition) is 2. The van der Waals surface area contributed by atoms with Crippen LogP contribution in [0.4, 0.5) is 5.69 Å². The lowest BCUT2D eigenvalue weighted by atomic mass is 10.1. The lowest BCUT2D eigenvalue weighted by Gasteiger charge is -2.16. The minimum absolute atomic E-state index is 0.134. The lowest BCUT2D eigenvalue weighted by molar-refractivity contribution is -0.121. The number of amides is 1. The third kappa shape index (κ3) is 4.34. The van der Waals surface area contributed by atoms with Gasteiger partial charge in [0.15, 0.2) is 0 Å². The standard InChI is InChI=1S/C15H15Cl2N3O/c1-9(13-5-2-10(16)6-14(13)17)20-15(21)7-12-4-3-11(18)8-19-12/h2-6,8-9H,7,18H2,1H3,(H,20,21). The minimum Gasteiger partial charge on any atom is -0.397 e. The van der Waals surface area contributed by atoms with Crippen LogP contribution in [0, 0.1) is 0 Å². The molecule has 0 aliphatic rings. The predicted octanol–water partition coefficient (Wildman–Crippen LogP) is 3.39. The first-order valence-electron chi connectivity index (χ1n) is 6.40. The second kappa shape index (κ2) is 6.78. The van der Waals surface area contributed by atoms with Crippen LogP contribution in [0.2, 0.25) is 10.0 Å². The van der Waals surface area contributed by atoms with Crippen LogP contribution in [0.15, 0.2) is 36.5 Å². The molecule has 0 aliphatic carbocycles. The van der Waals surface area contributed by atoms with Crippen LogP contribution in [-0.2, 0) is 11.2 Å². The minimum atomic E-state index is -0.212. The van der Waals surface area contributed by atoms with E-state index in [-0.39, 0.29) is 18.4 Å². The molecule has 2 rings (SSSR count). The van der Waals surface area contributed by atoms with Crippen LogP contribution in [0.3, 0.4) is 0 Å². The molecule has 110 valence electrons. The Morgan fingerprint density at radius 1 is 1.33 bits per heavy atom. The molecule has 1 amide bonds. The summed E-state index contributed by atoms with van der Waals surface area (Å²) < 4.78 is 0. The molecule has 1 aromatic carbocycles. The fourth-order valence-corrected chi connectivity index (χ4v) is 2.50. The number of nitrogens with two attached hydrogens (primary N) is 1. The smallest absolute Gasteiger partial charge is 0.226 e. The molecule has 0 bridgehead atoms. The maximum atomic E-state index is 12.0. The van der Waals surface area contributed by atoms with Gasteiger partial charge in [0.25, 0.3) is 0 Å². The van der Waals surface area contributed by atoms with Crippen LogP contribution in [-0.4, -0.2) is 10.9 Å². The van der Waals surface area contributed by atoms with Gasteiger partial charge in [-0.05, 0) is 36.8 Å². The van der Waals surface area contributed by atoms with Gasteiger partial charge < -0.3 is 11.1 Å². The summed E-state index contributed by atoms with van der Waals surface area (Å²) >= 11 is 12.0. The van der Waals surface area contributed by atoms with Crippen molar-refractivity contribution in [1.29, 1.82) is 0 Å². The number of benzene rings is 1. The third-order valence-electron chi connectivity index (χ3n) is 3.00. The van der Waals surface area contributed by atoms with Crippen LogP contribution < -0.4 is 11.1 Å². The predicted molar refractivity (Wildman–Crippen MR) is 85.4 cm³/mol. The molecular formula is C15H15Cl2N3O. The number of halogens is 2. The maximum absolute atomic E-state index is 12.0. The third-order valence-corrected chi connectivity index (χ3v) is 3.56. The van der Waals surface area contributed by atoms with Gasteiger partial charge in [-0.3, -0.25) is 9.78 Å². The SMILES string of the molecule is CC(NC(=O)Cc1ccc(N)cn1)c1ccc(Cl)cc1Cl. The van der Waals surface area contributed by atoms with Gasteiger partial charge in [-0.25, -0.2) is 0 Å². The molecule has 3 N–H and O–H groups in total. The molecule has 21 heavy (non-hydrogen) atoms. The maximum Gasteiger partial charge on any atom is 0.226 e. The molecule has 0 saturated carbocycles. The molecule has 1 aromatic heterocycles. The van der Waals surface area contributed by atoms with Gasteiger partial charge in [0.1, 0.15) is 0 Å². The highest BCUT2D eigenvalue weighted by Crippen LogP contribution is 2.26. The van der Waals surface area contributed by atoms with Crippen molar-refractivity contribution in [2.75, 3.05) is 5.73 Å². The highest BCUT2D eigenvalue weighted by Gasteiger charge is 2.13. The summed E-state index contributed by atoms with van der Waals surface area (Å²) in [4.78, 5) is 16.1. The molecule has 2 aromatic rings. The monoisotopic (exact) mass is 323 g/mol. The Morgan fingerprint density at radius 2 is 2.10 bits per heavy atom. The first-order valence-corrected chi connectivity index (χ1v) is 7.16. The van der Waals surface area contributed by atoms with Crippen molar-refractivity contribution in [3.05, 3.63) is 57.8 Å². The summed E-state index contributed by atoms with van der Waals surface area (Å²) in [5.41, 5.74) is 7.61. The zero-order valence-electron chi connectivity index (χ0n) is 11.4. The summed E-state index contributed by atoms with van der Waals surface area (Å²) in [5, 5.41) is 3.97. The van der Waals surface area contributed by atoms with Gasteiger partial charge in [-0.15, -0.1) is 0 Å². The second-order valence-electron chi connectivity index (χ2n) is 4.71. The number of carbonyl (C=O) groups is 1. The van der Waals surface area contributed by atoms with E-state index in [1.807, 2.05) is 6.92 Å². The van der Waals surface area contributed by atoms with E-state index in [2.05, 4.69) is 10.3 Å². The first kappa shape index (κ1) is 15.6. The van der Waals surface area contributed by atoms with Gasteiger partial charge in [0, 0.05) is 15.7 Å². The zero-order chi connectivity index (χ0) is 15.4. The van der Waals surface area contributed by atoms with Crippen molar-refractivity contribution in [2.45, 2.75) is 19.4 Å². The molecule has 0 saturated heterocycles. The Kier molecular flexibility index (Phi) is 5.04. The largest absolute Gasteiger partial charge is 0.397 e. The fourth-order valence-electron chi connectivity index (χ4n) is 1.93. The van der Waals surface area contributed by atoms with Gasteiger partial charge in [-0.2, -0.15) is 0 Å². The van der Waals surface area contributed by atoms with E-state index in [0.29, 0.717) is 21.4 Å². The lowest BCUT2D eigenvalue weighted by Crippen LogP contribution is -2.28. The Labute approximate surface area is 133 Å². The molecule has 0 fully saturated rings. The van der Waals surface area contributed by atoms with Gasteiger partial charge >= 0.3 is 0 Å². The van der Waals surface area contributed by atoms with Gasteiger partial charge in [0.05, 0.1) is 24.3 Å². The number of nitrogen functional groups attached to an aromatic ring is 1. The number of nitrogens with zero attached hydrogens (tertiary/aromatic N) is 1. The molecule has 1 heterocycles. The molecule has 0 aliphatic heterocycles. The average molecular weight is 324 g/mol. The number of nitrogens with one attached hydrogen (secondary N) is 1. The van der Waals surface area contributed by atoms with Crippen LogP contribution in [0.25, 0.3) is 0 Å². The Bertz CT molecular complexity index is 644. The van der Waals surface area contributed by atoms with Crippen LogP contribution >= 0.6 is 23.2 Å². The average Bonchev–Trinajstić information content (AvgIpc) is 2.41. The number of aromatic nitrogens is 1. The van der Waals surface area contributed by atoms with Crippen molar-refractivity contribution in [1.82, 2.24) is 10.3 Å². The van der Waals surface area contributed by atoms with Crippen molar-refractivity contribution >= 4 is 34.8 Å². The van der Waals surface area contributed by atoms with E-state index >= 15 is 0 Å². The topological polar surface area (TPSA) is 68.0 Å². The number of anilines is 1. The van der Waals surface area contributed by atoms with E-state index in [1.165, 1.54) is 6.20 Å². The molecule has 6 heteroatoms. The highest BCUT2D eigenvalue weighted by molar-refractivity contribution is 6.35. The Balaban J connectivity index is 2.00. The van der Waals surface area contributed by atoms with Crippen LogP contribution in [0.1, 0.15) is 24.2 Å². The summed E-state index contributed by atoms with van der Waals surface area (Å²) in [5.74, 6) is -0.134. The Morgan fingerprint density at radius 3 is 2.71 bits per heavy atom.